The summed E-state index contributed by atoms with van der Waals surface area (Å²) in [6, 6.07) is 6.50. The van der Waals surface area contributed by atoms with E-state index in [-0.39, 0.29) is 18.1 Å². The van der Waals surface area contributed by atoms with Crippen molar-refractivity contribution in [1.82, 2.24) is 9.80 Å². The van der Waals surface area contributed by atoms with Crippen LogP contribution in [0.3, 0.4) is 0 Å². The predicted molar refractivity (Wildman–Crippen MR) is 82.1 cm³/mol. The lowest BCUT2D eigenvalue weighted by molar-refractivity contribution is -0.132. The van der Waals surface area contributed by atoms with Crippen LogP contribution in [-0.2, 0) is 16.0 Å². The van der Waals surface area contributed by atoms with E-state index in [1.165, 1.54) is 6.07 Å². The normalized spacial score (nSPS) is 23.0. The number of ether oxygens (including phenoxy) is 1. The van der Waals surface area contributed by atoms with Gasteiger partial charge in [0.1, 0.15) is 5.82 Å². The van der Waals surface area contributed by atoms with Gasteiger partial charge in [-0.3, -0.25) is 9.69 Å². The second kappa shape index (κ2) is 7.20. The first kappa shape index (κ1) is 15.4. The smallest absolute Gasteiger partial charge is 0.227 e. The molecule has 0 aromatic heterocycles. The molecule has 2 aliphatic rings. The first-order chi connectivity index (χ1) is 10.7. The molecule has 120 valence electrons. The number of benzene rings is 1. The van der Waals surface area contributed by atoms with Gasteiger partial charge in [-0.1, -0.05) is 18.2 Å². The van der Waals surface area contributed by atoms with Crippen LogP contribution < -0.4 is 0 Å². The third-order valence-corrected chi connectivity index (χ3v) is 4.51. The van der Waals surface area contributed by atoms with Gasteiger partial charge >= 0.3 is 0 Å². The molecule has 2 fully saturated rings. The fourth-order valence-electron chi connectivity index (χ4n) is 3.17. The van der Waals surface area contributed by atoms with Crippen molar-refractivity contribution in [3.05, 3.63) is 35.6 Å². The lowest BCUT2D eigenvalue weighted by Crippen LogP contribution is -2.50. The Balaban J connectivity index is 1.46. The van der Waals surface area contributed by atoms with Gasteiger partial charge in [-0.15, -0.1) is 0 Å². The zero-order valence-corrected chi connectivity index (χ0v) is 12.8. The van der Waals surface area contributed by atoms with Gasteiger partial charge in [0.2, 0.25) is 5.91 Å². The van der Waals surface area contributed by atoms with Crippen molar-refractivity contribution in [1.29, 1.82) is 0 Å². The van der Waals surface area contributed by atoms with Crippen molar-refractivity contribution >= 4 is 5.91 Å². The minimum Gasteiger partial charge on any atom is -0.377 e. The van der Waals surface area contributed by atoms with Crippen LogP contribution in [0.1, 0.15) is 18.4 Å². The molecule has 0 unspecified atom stereocenters. The number of carbonyl (C=O) groups is 1. The lowest BCUT2D eigenvalue weighted by Gasteiger charge is -2.35. The quantitative estimate of drug-likeness (QED) is 0.849. The molecule has 2 aliphatic heterocycles. The van der Waals surface area contributed by atoms with E-state index in [9.17, 15) is 9.18 Å². The third-order valence-electron chi connectivity index (χ3n) is 4.51. The highest BCUT2D eigenvalue weighted by Gasteiger charge is 2.25. The van der Waals surface area contributed by atoms with Crippen molar-refractivity contribution in [2.24, 2.45) is 0 Å². The third kappa shape index (κ3) is 3.84. The largest absolute Gasteiger partial charge is 0.377 e. The van der Waals surface area contributed by atoms with Crippen LogP contribution in [0, 0.1) is 5.82 Å². The van der Waals surface area contributed by atoms with E-state index in [2.05, 4.69) is 4.90 Å². The molecule has 22 heavy (non-hydrogen) atoms. The highest BCUT2D eigenvalue weighted by Crippen LogP contribution is 2.15. The number of carbonyl (C=O) groups excluding carboxylic acids is 1. The summed E-state index contributed by atoms with van der Waals surface area (Å²) in [6.45, 7) is 5.05. The summed E-state index contributed by atoms with van der Waals surface area (Å²) >= 11 is 0. The Kier molecular flexibility index (Phi) is 5.05. The van der Waals surface area contributed by atoms with Gasteiger partial charge in [0, 0.05) is 39.3 Å². The van der Waals surface area contributed by atoms with E-state index in [1.54, 1.807) is 18.2 Å². The fraction of sp³-hybridized carbons (Fsp3) is 0.588. The summed E-state index contributed by atoms with van der Waals surface area (Å²) < 4.78 is 19.3. The van der Waals surface area contributed by atoms with Crippen LogP contribution in [0.5, 0.6) is 0 Å². The van der Waals surface area contributed by atoms with E-state index in [0.717, 1.165) is 52.2 Å². The molecule has 2 heterocycles. The minimum absolute atomic E-state index is 0.0156. The number of amides is 1. The van der Waals surface area contributed by atoms with Gasteiger partial charge in [-0.05, 0) is 24.5 Å². The average molecular weight is 306 g/mol. The zero-order chi connectivity index (χ0) is 15.4. The van der Waals surface area contributed by atoms with Gasteiger partial charge < -0.3 is 9.64 Å². The molecule has 1 amide bonds. The minimum atomic E-state index is -0.298. The number of hydrogen-bond donors (Lipinski definition) is 0. The second-order valence-corrected chi connectivity index (χ2v) is 6.08. The van der Waals surface area contributed by atoms with E-state index < -0.39 is 0 Å². The molecule has 3 rings (SSSR count). The van der Waals surface area contributed by atoms with E-state index >= 15 is 0 Å². The SMILES string of the molecule is O=C(Cc1ccccc1F)N1CCN(C[C@@H]2CCCO2)CC1. The summed E-state index contributed by atoms with van der Waals surface area (Å²) in [7, 11) is 0. The molecule has 0 spiro atoms. The molecule has 1 aromatic rings. The maximum atomic E-state index is 13.6. The first-order valence-electron chi connectivity index (χ1n) is 8.07. The van der Waals surface area contributed by atoms with Crippen molar-refractivity contribution in [3.8, 4) is 0 Å². The zero-order valence-electron chi connectivity index (χ0n) is 12.8. The number of piperazine rings is 1. The molecular formula is C17H23FN2O2. The van der Waals surface area contributed by atoms with Gasteiger partial charge in [0.15, 0.2) is 0 Å². The van der Waals surface area contributed by atoms with Crippen molar-refractivity contribution in [2.75, 3.05) is 39.3 Å². The van der Waals surface area contributed by atoms with Crippen molar-refractivity contribution in [3.63, 3.8) is 0 Å². The number of rotatable bonds is 4. The maximum absolute atomic E-state index is 13.6. The summed E-state index contributed by atoms with van der Waals surface area (Å²) in [5.41, 5.74) is 0.481. The maximum Gasteiger partial charge on any atom is 0.227 e. The molecule has 5 heteroatoms. The summed E-state index contributed by atoms with van der Waals surface area (Å²) in [4.78, 5) is 16.5. The van der Waals surface area contributed by atoms with Crippen LogP contribution in [0.25, 0.3) is 0 Å². The molecule has 1 aromatic carbocycles. The monoisotopic (exact) mass is 306 g/mol. The van der Waals surface area contributed by atoms with Crippen LogP contribution in [0.2, 0.25) is 0 Å². The number of nitrogens with zero attached hydrogens (tertiary/aromatic N) is 2. The van der Waals surface area contributed by atoms with Crippen LogP contribution in [0.15, 0.2) is 24.3 Å². The summed E-state index contributed by atoms with van der Waals surface area (Å²) in [5.74, 6) is -0.283. The molecule has 1 atom stereocenters. The molecule has 0 bridgehead atoms. The second-order valence-electron chi connectivity index (χ2n) is 6.08. The summed E-state index contributed by atoms with van der Waals surface area (Å²) in [5, 5.41) is 0. The fourth-order valence-corrected chi connectivity index (χ4v) is 3.17. The van der Waals surface area contributed by atoms with E-state index in [4.69, 9.17) is 4.74 Å². The Labute approximate surface area is 130 Å². The molecule has 4 nitrogen and oxygen atoms in total. The average Bonchev–Trinajstić information content (AvgIpc) is 3.03. The molecule has 0 aliphatic carbocycles. The van der Waals surface area contributed by atoms with Gasteiger partial charge in [-0.25, -0.2) is 4.39 Å². The standard InChI is InChI=1S/C17H23FN2O2/c18-16-6-2-1-4-14(16)12-17(21)20-9-7-19(8-10-20)13-15-5-3-11-22-15/h1-2,4,6,15H,3,5,7-13H2/t15-/m0/s1. The number of halogens is 1. The topological polar surface area (TPSA) is 32.8 Å². The Bertz CT molecular complexity index is 509. The van der Waals surface area contributed by atoms with E-state index in [1.807, 2.05) is 4.90 Å². The number of hydrogen-bond acceptors (Lipinski definition) is 3. The van der Waals surface area contributed by atoms with Crippen LogP contribution in [-0.4, -0.2) is 61.1 Å². The first-order valence-corrected chi connectivity index (χ1v) is 8.07. The highest BCUT2D eigenvalue weighted by molar-refractivity contribution is 5.79. The van der Waals surface area contributed by atoms with Gasteiger partial charge in [-0.2, -0.15) is 0 Å². The molecule has 2 saturated heterocycles. The molecule has 0 saturated carbocycles. The molecular weight excluding hydrogens is 283 g/mol. The highest BCUT2D eigenvalue weighted by atomic mass is 19.1. The Morgan fingerprint density at radius 2 is 2.00 bits per heavy atom. The molecule has 0 radical (unpaired) electrons. The predicted octanol–water partition coefficient (Wildman–Crippen LogP) is 1.69. The van der Waals surface area contributed by atoms with Gasteiger partial charge in [0.05, 0.1) is 12.5 Å². The Hall–Kier alpha value is -1.46. The van der Waals surface area contributed by atoms with E-state index in [0.29, 0.717) is 11.7 Å². The van der Waals surface area contributed by atoms with Crippen LogP contribution >= 0.6 is 0 Å². The summed E-state index contributed by atoms with van der Waals surface area (Å²) in [6.07, 6.45) is 2.82. The van der Waals surface area contributed by atoms with Crippen molar-refractivity contribution in [2.45, 2.75) is 25.4 Å². The van der Waals surface area contributed by atoms with Crippen molar-refractivity contribution < 1.29 is 13.9 Å². The van der Waals surface area contributed by atoms with Gasteiger partial charge in [0.25, 0.3) is 0 Å². The Morgan fingerprint density at radius 1 is 1.23 bits per heavy atom. The Morgan fingerprint density at radius 3 is 2.68 bits per heavy atom. The lowest BCUT2D eigenvalue weighted by atomic mass is 10.1. The molecule has 0 N–H and O–H groups in total. The van der Waals surface area contributed by atoms with Crippen LogP contribution in [0.4, 0.5) is 4.39 Å².